The van der Waals surface area contributed by atoms with E-state index in [-0.39, 0.29) is 11.5 Å². The molecule has 4 nitrogen and oxygen atoms in total. The molecule has 1 fully saturated rings. The highest BCUT2D eigenvalue weighted by molar-refractivity contribution is 7.99. The van der Waals surface area contributed by atoms with Gasteiger partial charge in [-0.05, 0) is 18.6 Å². The number of hydrogen-bond acceptors (Lipinski definition) is 6. The number of hydrogen-bond donors (Lipinski definition) is 0. The highest BCUT2D eigenvalue weighted by atomic mass is 32.2. The molecule has 0 N–H and O–H groups in total. The number of Topliss-reactive ketones (excluding diaryl/α,β-unsaturated/α-hetero) is 1. The van der Waals surface area contributed by atoms with Gasteiger partial charge in [-0.15, -0.1) is 11.3 Å². The van der Waals surface area contributed by atoms with Crippen molar-refractivity contribution in [3.63, 3.8) is 0 Å². The van der Waals surface area contributed by atoms with Gasteiger partial charge in [-0.1, -0.05) is 6.42 Å². The predicted octanol–water partition coefficient (Wildman–Crippen LogP) is 3.09. The summed E-state index contributed by atoms with van der Waals surface area (Å²) in [5.41, 5.74) is 0.177. The number of thiazole rings is 1. The van der Waals surface area contributed by atoms with Crippen LogP contribution < -0.4 is 0 Å². The molecule has 1 atom stereocenters. The Morgan fingerprint density at radius 1 is 1.39 bits per heavy atom. The van der Waals surface area contributed by atoms with Crippen molar-refractivity contribution in [2.24, 2.45) is 0 Å². The maximum absolute atomic E-state index is 11.6. The summed E-state index contributed by atoms with van der Waals surface area (Å²) in [5.74, 6) is 0.469. The Labute approximate surface area is 114 Å². The minimum atomic E-state index is -0.525. The van der Waals surface area contributed by atoms with E-state index in [1.165, 1.54) is 38.2 Å². The zero-order chi connectivity index (χ0) is 13.1. The zero-order valence-electron chi connectivity index (χ0n) is 10.4. The molecule has 1 aliphatic heterocycles. The smallest absolute Gasteiger partial charge is 0.358 e. The Morgan fingerprint density at radius 2 is 2.17 bits per heavy atom. The van der Waals surface area contributed by atoms with Gasteiger partial charge in [0.2, 0.25) is 0 Å². The molecule has 0 radical (unpaired) electrons. The number of rotatable bonds is 3. The molecule has 1 aromatic heterocycles. The summed E-state index contributed by atoms with van der Waals surface area (Å²) < 4.78 is 4.67. The minimum Gasteiger partial charge on any atom is -0.464 e. The summed E-state index contributed by atoms with van der Waals surface area (Å²) in [5, 5.41) is 1.20. The van der Waals surface area contributed by atoms with Crippen LogP contribution in [0.2, 0.25) is 0 Å². The van der Waals surface area contributed by atoms with Gasteiger partial charge in [0.25, 0.3) is 0 Å². The average molecular weight is 285 g/mol. The van der Waals surface area contributed by atoms with Crippen molar-refractivity contribution in [3.05, 3.63) is 15.6 Å². The van der Waals surface area contributed by atoms with Crippen LogP contribution in [0.1, 0.15) is 56.6 Å². The molecule has 18 heavy (non-hydrogen) atoms. The lowest BCUT2D eigenvalue weighted by Crippen LogP contribution is -2.07. The first-order valence-corrected chi connectivity index (χ1v) is 7.71. The molecule has 1 aliphatic rings. The molecule has 0 aliphatic carbocycles. The third kappa shape index (κ3) is 2.75. The van der Waals surface area contributed by atoms with E-state index in [2.05, 4.69) is 9.72 Å². The van der Waals surface area contributed by atoms with Gasteiger partial charge in [0.05, 0.1) is 12.4 Å². The van der Waals surface area contributed by atoms with Crippen molar-refractivity contribution in [3.8, 4) is 0 Å². The number of thioether (sulfide) groups is 1. The molecule has 0 aromatic carbocycles. The number of carbonyl (C=O) groups is 2. The molecule has 6 heteroatoms. The topological polar surface area (TPSA) is 56.3 Å². The Bertz CT molecular complexity index is 464. The van der Waals surface area contributed by atoms with Crippen molar-refractivity contribution in [2.75, 3.05) is 12.9 Å². The maximum atomic E-state index is 11.6. The van der Waals surface area contributed by atoms with Crippen molar-refractivity contribution in [2.45, 2.75) is 31.4 Å². The monoisotopic (exact) mass is 285 g/mol. The first kappa shape index (κ1) is 13.5. The Balaban J connectivity index is 2.32. The number of ether oxygens (including phenoxy) is 1. The van der Waals surface area contributed by atoms with E-state index < -0.39 is 5.97 Å². The van der Waals surface area contributed by atoms with E-state index in [4.69, 9.17) is 0 Å². The van der Waals surface area contributed by atoms with E-state index in [0.29, 0.717) is 10.1 Å². The predicted molar refractivity (Wildman–Crippen MR) is 72.5 cm³/mol. The molecular weight excluding hydrogens is 270 g/mol. The number of carbonyl (C=O) groups excluding carboxylic acids is 2. The van der Waals surface area contributed by atoms with Gasteiger partial charge >= 0.3 is 5.97 Å². The Hall–Kier alpha value is -0.880. The van der Waals surface area contributed by atoms with Crippen LogP contribution in [-0.4, -0.2) is 29.6 Å². The van der Waals surface area contributed by atoms with Gasteiger partial charge in [0, 0.05) is 6.92 Å². The van der Waals surface area contributed by atoms with Crippen molar-refractivity contribution >= 4 is 34.9 Å². The molecule has 2 rings (SSSR count). The summed E-state index contributed by atoms with van der Waals surface area (Å²) >= 11 is 3.19. The number of aromatic nitrogens is 1. The molecule has 2 heterocycles. The lowest BCUT2D eigenvalue weighted by molar-refractivity contribution is 0.0591. The highest BCUT2D eigenvalue weighted by Crippen LogP contribution is 2.40. The van der Waals surface area contributed by atoms with Gasteiger partial charge in [-0.3, -0.25) is 4.79 Å². The van der Waals surface area contributed by atoms with Gasteiger partial charge in [-0.2, -0.15) is 11.8 Å². The average Bonchev–Trinajstić information content (AvgIpc) is 2.84. The molecule has 98 valence electrons. The van der Waals surface area contributed by atoms with Gasteiger partial charge in [0.1, 0.15) is 9.88 Å². The second-order valence-electron chi connectivity index (χ2n) is 4.13. The van der Waals surface area contributed by atoms with Crippen LogP contribution in [0, 0.1) is 0 Å². The highest BCUT2D eigenvalue weighted by Gasteiger charge is 2.26. The van der Waals surface area contributed by atoms with Crippen LogP contribution in [0.3, 0.4) is 0 Å². The van der Waals surface area contributed by atoms with Crippen LogP contribution in [0.15, 0.2) is 0 Å². The van der Waals surface area contributed by atoms with Crippen molar-refractivity contribution in [1.82, 2.24) is 4.98 Å². The first-order valence-electron chi connectivity index (χ1n) is 5.85. The summed E-state index contributed by atoms with van der Waals surface area (Å²) in [6.07, 6.45) is 3.48. The minimum absolute atomic E-state index is 0.125. The van der Waals surface area contributed by atoms with Crippen LogP contribution in [0.4, 0.5) is 0 Å². The molecule has 1 unspecified atom stereocenters. The molecule has 0 saturated carbocycles. The van der Waals surface area contributed by atoms with E-state index in [1.54, 1.807) is 0 Å². The Morgan fingerprint density at radius 3 is 2.72 bits per heavy atom. The SMILES string of the molecule is COC(=O)c1nc(C2CCCCS2)sc1C(C)=O. The van der Waals surface area contributed by atoms with E-state index >= 15 is 0 Å². The molecular formula is C12H15NO3S2. The van der Waals surface area contributed by atoms with Gasteiger partial charge < -0.3 is 4.74 Å². The van der Waals surface area contributed by atoms with Crippen LogP contribution >= 0.6 is 23.1 Å². The van der Waals surface area contributed by atoms with Crippen molar-refractivity contribution < 1.29 is 14.3 Å². The number of ketones is 1. The number of esters is 1. The lowest BCUT2D eigenvalue weighted by Gasteiger charge is -2.18. The lowest BCUT2D eigenvalue weighted by atomic mass is 10.2. The fourth-order valence-electron chi connectivity index (χ4n) is 1.88. The fraction of sp³-hybridized carbons (Fsp3) is 0.583. The molecule has 1 aromatic rings. The fourth-order valence-corrected chi connectivity index (χ4v) is 4.38. The number of methoxy groups -OCH3 is 1. The van der Waals surface area contributed by atoms with Crippen LogP contribution in [-0.2, 0) is 4.74 Å². The van der Waals surface area contributed by atoms with E-state index in [9.17, 15) is 9.59 Å². The number of nitrogens with zero attached hydrogens (tertiary/aromatic N) is 1. The van der Waals surface area contributed by atoms with Gasteiger partial charge in [0.15, 0.2) is 11.5 Å². The van der Waals surface area contributed by atoms with Crippen LogP contribution in [0.5, 0.6) is 0 Å². The molecule has 0 spiro atoms. The normalized spacial score (nSPS) is 19.6. The standard InChI is InChI=1S/C12H15NO3S2/c1-7(14)10-9(12(15)16-2)13-11(18-10)8-5-3-4-6-17-8/h8H,3-6H2,1-2H3. The second kappa shape index (κ2) is 5.84. The summed E-state index contributed by atoms with van der Waals surface area (Å²) in [4.78, 5) is 27.9. The maximum Gasteiger partial charge on any atom is 0.358 e. The largest absolute Gasteiger partial charge is 0.464 e. The summed E-state index contributed by atoms with van der Waals surface area (Å²) in [6, 6.07) is 0. The van der Waals surface area contributed by atoms with Crippen LogP contribution in [0.25, 0.3) is 0 Å². The van der Waals surface area contributed by atoms with E-state index in [0.717, 1.165) is 17.2 Å². The molecule has 1 saturated heterocycles. The van der Waals surface area contributed by atoms with Gasteiger partial charge in [-0.25, -0.2) is 9.78 Å². The summed E-state index contributed by atoms with van der Waals surface area (Å²) in [7, 11) is 1.31. The third-order valence-electron chi connectivity index (χ3n) is 2.80. The molecule has 0 amide bonds. The first-order chi connectivity index (χ1) is 8.63. The quantitative estimate of drug-likeness (QED) is 0.631. The summed E-state index contributed by atoms with van der Waals surface area (Å²) in [6.45, 7) is 1.46. The van der Waals surface area contributed by atoms with E-state index in [1.807, 2.05) is 11.8 Å². The second-order valence-corrected chi connectivity index (χ2v) is 6.47. The molecule has 0 bridgehead atoms. The zero-order valence-corrected chi connectivity index (χ0v) is 12.0. The van der Waals surface area contributed by atoms with Crippen molar-refractivity contribution in [1.29, 1.82) is 0 Å². The Kier molecular flexibility index (Phi) is 4.40. The third-order valence-corrected chi connectivity index (χ3v) is 5.60.